The van der Waals surface area contributed by atoms with Gasteiger partial charge in [0.25, 0.3) is 0 Å². The van der Waals surface area contributed by atoms with Crippen molar-refractivity contribution in [1.29, 1.82) is 0 Å². The molecule has 0 bridgehead atoms. The molecule has 0 aliphatic carbocycles. The summed E-state index contributed by atoms with van der Waals surface area (Å²) < 4.78 is 38.5. The fraction of sp³-hybridized carbons (Fsp3) is 0.176. The van der Waals surface area contributed by atoms with E-state index in [1.807, 2.05) is 16.8 Å². The van der Waals surface area contributed by atoms with Crippen LogP contribution in [0.4, 0.5) is 13.2 Å². The Bertz CT molecular complexity index is 899. The molecule has 4 nitrogen and oxygen atoms in total. The Hall–Kier alpha value is -2.00. The normalized spacial score (nSPS) is 14.2. The van der Waals surface area contributed by atoms with Gasteiger partial charge in [-0.3, -0.25) is 0 Å². The van der Waals surface area contributed by atoms with Crippen LogP contribution in [-0.2, 0) is 6.18 Å². The summed E-state index contributed by atoms with van der Waals surface area (Å²) in [5, 5.41) is 3.41. The summed E-state index contributed by atoms with van der Waals surface area (Å²) in [7, 11) is 0. The largest absolute Gasteiger partial charge is 0.417 e. The van der Waals surface area contributed by atoms with E-state index in [1.54, 1.807) is 6.07 Å². The lowest BCUT2D eigenvalue weighted by Crippen LogP contribution is -2.27. The first kappa shape index (κ1) is 18.8. The van der Waals surface area contributed by atoms with Crippen molar-refractivity contribution >= 4 is 22.9 Å². The van der Waals surface area contributed by atoms with Gasteiger partial charge in [-0.25, -0.2) is 9.97 Å². The van der Waals surface area contributed by atoms with Crippen LogP contribution >= 0.6 is 22.9 Å². The van der Waals surface area contributed by atoms with Crippen LogP contribution in [0.15, 0.2) is 47.4 Å². The molecule has 2 unspecified atom stereocenters. The van der Waals surface area contributed by atoms with Gasteiger partial charge in [-0.1, -0.05) is 17.7 Å². The predicted molar refractivity (Wildman–Crippen MR) is 95.7 cm³/mol. The summed E-state index contributed by atoms with van der Waals surface area (Å²) in [6.07, 6.45) is -3.21. The molecule has 136 valence electrons. The van der Waals surface area contributed by atoms with Crippen LogP contribution in [0.5, 0.6) is 0 Å². The number of rotatable bonds is 4. The molecule has 3 rings (SSSR count). The third kappa shape index (κ3) is 3.88. The molecule has 3 aromatic rings. The molecular weight excluding hydrogens is 385 g/mol. The van der Waals surface area contributed by atoms with Crippen LogP contribution in [0, 0.1) is 0 Å². The van der Waals surface area contributed by atoms with Gasteiger partial charge in [0.1, 0.15) is 6.33 Å². The lowest BCUT2D eigenvalue weighted by atomic mass is 9.99. The van der Waals surface area contributed by atoms with Crippen molar-refractivity contribution in [3.05, 3.63) is 69.3 Å². The molecule has 0 aliphatic heterocycles. The van der Waals surface area contributed by atoms with Crippen molar-refractivity contribution in [3.63, 3.8) is 0 Å². The average molecular weight is 399 g/mol. The van der Waals surface area contributed by atoms with Gasteiger partial charge < -0.3 is 11.5 Å². The smallest absolute Gasteiger partial charge is 0.322 e. The number of halogens is 4. The van der Waals surface area contributed by atoms with Crippen LogP contribution < -0.4 is 11.5 Å². The van der Waals surface area contributed by atoms with E-state index in [-0.39, 0.29) is 0 Å². The average Bonchev–Trinajstić information content (AvgIpc) is 3.14. The second-order valence-electron chi connectivity index (χ2n) is 5.63. The van der Waals surface area contributed by atoms with Crippen molar-refractivity contribution in [2.24, 2.45) is 11.5 Å². The highest BCUT2D eigenvalue weighted by Crippen LogP contribution is 2.36. The van der Waals surface area contributed by atoms with E-state index in [0.717, 1.165) is 11.6 Å². The fourth-order valence-corrected chi connectivity index (χ4v) is 3.47. The minimum Gasteiger partial charge on any atom is -0.322 e. The van der Waals surface area contributed by atoms with Crippen LogP contribution in [0.2, 0.25) is 5.02 Å². The molecule has 2 atom stereocenters. The van der Waals surface area contributed by atoms with Crippen molar-refractivity contribution in [3.8, 4) is 11.3 Å². The molecule has 2 heterocycles. The molecule has 2 aromatic heterocycles. The lowest BCUT2D eigenvalue weighted by Gasteiger charge is -2.19. The highest BCUT2D eigenvalue weighted by Gasteiger charge is 2.33. The minimum absolute atomic E-state index is 0.394. The Morgan fingerprint density at radius 2 is 1.81 bits per heavy atom. The highest BCUT2D eigenvalue weighted by atomic mass is 35.5. The molecule has 0 saturated carbocycles. The van der Waals surface area contributed by atoms with Crippen LogP contribution in [0.25, 0.3) is 11.3 Å². The number of hydrogen-bond donors (Lipinski definition) is 2. The van der Waals surface area contributed by atoms with Gasteiger partial charge >= 0.3 is 6.18 Å². The summed E-state index contributed by atoms with van der Waals surface area (Å²) in [6.45, 7) is 0. The number of alkyl halides is 3. The van der Waals surface area contributed by atoms with Gasteiger partial charge in [0.05, 0.1) is 34.1 Å². The fourth-order valence-electron chi connectivity index (χ4n) is 2.47. The Morgan fingerprint density at radius 3 is 2.42 bits per heavy atom. The van der Waals surface area contributed by atoms with Crippen molar-refractivity contribution in [2.75, 3.05) is 0 Å². The first-order valence-corrected chi connectivity index (χ1v) is 8.82. The van der Waals surface area contributed by atoms with Crippen LogP contribution in [0.3, 0.4) is 0 Å². The summed E-state index contributed by atoms with van der Waals surface area (Å²) in [4.78, 5) is 8.25. The molecule has 0 aliphatic rings. The standard InChI is InChI=1S/C17H14ClF3N4S/c18-12-5-9(1-2-11(12)17(19,20)21)13-6-14(25-8-24-13)16(23)15(22)10-3-4-26-7-10/h1-8,15-16H,22-23H2. The van der Waals surface area contributed by atoms with Gasteiger partial charge in [0, 0.05) is 5.56 Å². The third-order valence-electron chi connectivity index (χ3n) is 3.91. The molecule has 0 saturated heterocycles. The Balaban J connectivity index is 1.91. The van der Waals surface area contributed by atoms with Gasteiger partial charge in [0.15, 0.2) is 0 Å². The number of nitrogens with zero attached hydrogens (tertiary/aromatic N) is 2. The van der Waals surface area contributed by atoms with E-state index in [0.29, 0.717) is 17.0 Å². The molecule has 0 fully saturated rings. The first-order chi connectivity index (χ1) is 12.3. The van der Waals surface area contributed by atoms with E-state index < -0.39 is 28.8 Å². The summed E-state index contributed by atoms with van der Waals surface area (Å²) in [5.74, 6) is 0. The van der Waals surface area contributed by atoms with Gasteiger partial charge in [-0.2, -0.15) is 24.5 Å². The van der Waals surface area contributed by atoms with Gasteiger partial charge in [0.2, 0.25) is 0 Å². The lowest BCUT2D eigenvalue weighted by molar-refractivity contribution is -0.137. The SMILES string of the molecule is NC(c1ccsc1)C(N)c1cc(-c2ccc(C(F)(F)F)c(Cl)c2)ncn1. The van der Waals surface area contributed by atoms with Gasteiger partial charge in [-0.05, 0) is 40.6 Å². The molecule has 26 heavy (non-hydrogen) atoms. The molecule has 0 radical (unpaired) electrons. The summed E-state index contributed by atoms with van der Waals surface area (Å²) >= 11 is 7.29. The van der Waals surface area contributed by atoms with E-state index in [2.05, 4.69) is 9.97 Å². The zero-order chi connectivity index (χ0) is 18.9. The Kier molecular flexibility index (Phi) is 5.29. The zero-order valence-electron chi connectivity index (χ0n) is 13.2. The monoisotopic (exact) mass is 398 g/mol. The second kappa shape index (κ2) is 7.32. The van der Waals surface area contributed by atoms with Crippen molar-refractivity contribution in [2.45, 2.75) is 18.3 Å². The van der Waals surface area contributed by atoms with Crippen molar-refractivity contribution in [1.82, 2.24) is 9.97 Å². The van der Waals surface area contributed by atoms with E-state index in [4.69, 9.17) is 23.1 Å². The number of hydrogen-bond acceptors (Lipinski definition) is 5. The topological polar surface area (TPSA) is 77.8 Å². The number of aromatic nitrogens is 2. The predicted octanol–water partition coefficient (Wildman–Crippen LogP) is 4.58. The number of nitrogens with two attached hydrogens (primary N) is 2. The molecule has 9 heteroatoms. The molecule has 0 spiro atoms. The molecule has 0 amide bonds. The maximum atomic E-state index is 12.8. The van der Waals surface area contributed by atoms with Crippen LogP contribution in [-0.4, -0.2) is 9.97 Å². The summed E-state index contributed by atoms with van der Waals surface area (Å²) in [6, 6.07) is 5.90. The van der Waals surface area contributed by atoms with Crippen molar-refractivity contribution < 1.29 is 13.2 Å². The summed E-state index contributed by atoms with van der Waals surface area (Å²) in [5.41, 5.74) is 13.7. The maximum absolute atomic E-state index is 12.8. The maximum Gasteiger partial charge on any atom is 0.417 e. The molecular formula is C17H14ClF3N4S. The first-order valence-electron chi connectivity index (χ1n) is 7.49. The van der Waals surface area contributed by atoms with Gasteiger partial charge in [-0.15, -0.1) is 0 Å². The zero-order valence-corrected chi connectivity index (χ0v) is 14.8. The third-order valence-corrected chi connectivity index (χ3v) is 4.93. The highest BCUT2D eigenvalue weighted by molar-refractivity contribution is 7.07. The Morgan fingerprint density at radius 1 is 1.04 bits per heavy atom. The number of thiophene rings is 1. The molecule has 1 aromatic carbocycles. The van der Waals surface area contributed by atoms with Crippen LogP contribution in [0.1, 0.15) is 28.9 Å². The second-order valence-corrected chi connectivity index (χ2v) is 6.82. The Labute approximate surface area is 156 Å². The quantitative estimate of drug-likeness (QED) is 0.674. The molecule has 4 N–H and O–H groups in total. The van der Waals surface area contributed by atoms with E-state index in [1.165, 1.54) is 29.8 Å². The van der Waals surface area contributed by atoms with E-state index >= 15 is 0 Å². The van der Waals surface area contributed by atoms with E-state index in [9.17, 15) is 13.2 Å². The minimum atomic E-state index is -4.51. The number of benzene rings is 1.